The fourth-order valence-corrected chi connectivity index (χ4v) is 2.58. The second-order valence-corrected chi connectivity index (χ2v) is 6.45. The van der Waals surface area contributed by atoms with E-state index in [1.54, 1.807) is 6.07 Å². The number of alkyl carbamates (subject to hydrolysis) is 1. The topological polar surface area (TPSA) is 70.6 Å². The molecule has 1 unspecified atom stereocenters. The van der Waals surface area contributed by atoms with Crippen LogP contribution in [-0.4, -0.2) is 29.9 Å². The molecule has 1 heterocycles. The number of ether oxygens (including phenoxy) is 1. The fraction of sp³-hybridized carbons (Fsp3) is 0.562. The van der Waals surface area contributed by atoms with Gasteiger partial charge >= 0.3 is 6.09 Å². The number of carbonyl (C=O) groups excluding carboxylic acids is 1. The van der Waals surface area contributed by atoms with Gasteiger partial charge in [-0.1, -0.05) is 18.2 Å². The Morgan fingerprint density at radius 1 is 1.43 bits per heavy atom. The molecule has 5 heteroatoms. The van der Waals surface area contributed by atoms with Crippen LogP contribution in [-0.2, 0) is 10.3 Å². The Hall–Kier alpha value is -1.75. The predicted molar refractivity (Wildman–Crippen MR) is 81.3 cm³/mol. The highest BCUT2D eigenvalue weighted by molar-refractivity contribution is 5.67. The number of phenolic OH excluding ortho intramolecular Hbond substituents is 1. The summed E-state index contributed by atoms with van der Waals surface area (Å²) in [6, 6.07) is 7.34. The molecule has 1 aromatic rings. The molecule has 21 heavy (non-hydrogen) atoms. The van der Waals surface area contributed by atoms with Gasteiger partial charge in [-0.3, -0.25) is 0 Å². The zero-order valence-corrected chi connectivity index (χ0v) is 12.9. The third-order valence-electron chi connectivity index (χ3n) is 3.65. The van der Waals surface area contributed by atoms with Crippen LogP contribution in [0, 0.1) is 0 Å². The number of hydrogen-bond acceptors (Lipinski definition) is 4. The summed E-state index contributed by atoms with van der Waals surface area (Å²) in [5.74, 6) is 0.293. The quantitative estimate of drug-likeness (QED) is 0.797. The van der Waals surface area contributed by atoms with Crippen molar-refractivity contribution in [1.29, 1.82) is 0 Å². The summed E-state index contributed by atoms with van der Waals surface area (Å²) in [4.78, 5) is 11.7. The lowest BCUT2D eigenvalue weighted by Gasteiger charge is -2.44. The number of benzene rings is 1. The molecule has 0 saturated carbocycles. The third-order valence-corrected chi connectivity index (χ3v) is 3.65. The molecule has 1 aliphatic rings. The van der Waals surface area contributed by atoms with Crippen LogP contribution in [0.1, 0.15) is 39.2 Å². The second-order valence-electron chi connectivity index (χ2n) is 6.45. The molecule has 1 aliphatic heterocycles. The van der Waals surface area contributed by atoms with Crippen molar-refractivity contribution in [1.82, 2.24) is 10.6 Å². The first-order chi connectivity index (χ1) is 9.82. The predicted octanol–water partition coefficient (Wildman–Crippen LogP) is 2.50. The number of amides is 1. The van der Waals surface area contributed by atoms with Gasteiger partial charge in [-0.25, -0.2) is 4.79 Å². The molecule has 1 aromatic carbocycles. The summed E-state index contributed by atoms with van der Waals surface area (Å²) in [7, 11) is 0. The summed E-state index contributed by atoms with van der Waals surface area (Å²) in [5.41, 5.74) is 0.149. The first-order valence-corrected chi connectivity index (χ1v) is 7.33. The van der Waals surface area contributed by atoms with E-state index in [0.717, 1.165) is 18.5 Å². The third kappa shape index (κ3) is 3.88. The van der Waals surface area contributed by atoms with Gasteiger partial charge in [0.15, 0.2) is 0 Å². The highest BCUT2D eigenvalue weighted by Crippen LogP contribution is 2.38. The summed E-state index contributed by atoms with van der Waals surface area (Å²) in [6.07, 6.45) is 1.25. The zero-order valence-electron chi connectivity index (χ0n) is 12.9. The van der Waals surface area contributed by atoms with Gasteiger partial charge in [0.1, 0.15) is 11.4 Å². The first kappa shape index (κ1) is 15.6. The molecule has 5 nitrogen and oxygen atoms in total. The van der Waals surface area contributed by atoms with Gasteiger partial charge in [-0.05, 0) is 46.2 Å². The van der Waals surface area contributed by atoms with E-state index in [4.69, 9.17) is 4.74 Å². The summed E-state index contributed by atoms with van der Waals surface area (Å²) < 4.78 is 5.21. The number of carbonyl (C=O) groups is 1. The van der Waals surface area contributed by atoms with Crippen molar-refractivity contribution >= 4 is 6.09 Å². The molecule has 3 N–H and O–H groups in total. The molecule has 0 aromatic heterocycles. The molecule has 0 aliphatic carbocycles. The van der Waals surface area contributed by atoms with Crippen molar-refractivity contribution in [3.63, 3.8) is 0 Å². The Labute approximate surface area is 125 Å². The molecule has 1 atom stereocenters. The molecule has 116 valence electrons. The van der Waals surface area contributed by atoms with Crippen molar-refractivity contribution in [3.8, 4) is 5.75 Å². The zero-order chi connectivity index (χ0) is 15.5. The van der Waals surface area contributed by atoms with Gasteiger partial charge in [-0.2, -0.15) is 0 Å². The number of rotatable bonds is 4. The molecular weight excluding hydrogens is 268 g/mol. The number of nitrogens with one attached hydrogen (secondary N) is 2. The molecule has 0 radical (unpaired) electrons. The van der Waals surface area contributed by atoms with Crippen molar-refractivity contribution < 1.29 is 14.6 Å². The average molecular weight is 292 g/mol. The molecule has 2 rings (SSSR count). The lowest BCUT2D eigenvalue weighted by Crippen LogP contribution is -2.55. The Kier molecular flexibility index (Phi) is 4.42. The van der Waals surface area contributed by atoms with E-state index >= 15 is 0 Å². The Balaban J connectivity index is 1.92. The minimum absolute atomic E-state index is 0.250. The van der Waals surface area contributed by atoms with Crippen LogP contribution in [0.5, 0.6) is 5.75 Å². The lowest BCUT2D eigenvalue weighted by atomic mass is 9.77. The van der Waals surface area contributed by atoms with Gasteiger partial charge in [0.05, 0.1) is 0 Å². The highest BCUT2D eigenvalue weighted by Gasteiger charge is 2.39. The molecular formula is C16H24N2O3. The average Bonchev–Trinajstić information content (AvgIpc) is 2.31. The van der Waals surface area contributed by atoms with E-state index in [0.29, 0.717) is 18.7 Å². The van der Waals surface area contributed by atoms with Gasteiger partial charge in [0.25, 0.3) is 0 Å². The number of phenols is 1. The van der Waals surface area contributed by atoms with Gasteiger partial charge < -0.3 is 20.5 Å². The van der Waals surface area contributed by atoms with Crippen LogP contribution in [0.2, 0.25) is 0 Å². The maximum absolute atomic E-state index is 11.7. The monoisotopic (exact) mass is 292 g/mol. The lowest BCUT2D eigenvalue weighted by molar-refractivity contribution is 0.0517. The number of aromatic hydroxyl groups is 1. The van der Waals surface area contributed by atoms with Gasteiger partial charge in [0.2, 0.25) is 0 Å². The largest absolute Gasteiger partial charge is 0.508 e. The maximum atomic E-state index is 11.7. The first-order valence-electron chi connectivity index (χ1n) is 7.33. The number of para-hydroxylation sites is 1. The number of hydrogen-bond donors (Lipinski definition) is 3. The van der Waals surface area contributed by atoms with E-state index in [2.05, 4.69) is 10.6 Å². The molecule has 1 saturated heterocycles. The Morgan fingerprint density at radius 3 is 2.62 bits per heavy atom. The maximum Gasteiger partial charge on any atom is 0.407 e. The molecule has 0 spiro atoms. The minimum Gasteiger partial charge on any atom is -0.508 e. The summed E-state index contributed by atoms with van der Waals surface area (Å²) in [5, 5.41) is 16.2. The molecule has 1 amide bonds. The second kappa shape index (κ2) is 5.93. The van der Waals surface area contributed by atoms with Gasteiger partial charge in [-0.15, -0.1) is 0 Å². The molecule has 1 fully saturated rings. The van der Waals surface area contributed by atoms with E-state index in [-0.39, 0.29) is 5.54 Å². The van der Waals surface area contributed by atoms with Crippen LogP contribution < -0.4 is 10.6 Å². The summed E-state index contributed by atoms with van der Waals surface area (Å²) in [6.45, 7) is 6.92. The van der Waals surface area contributed by atoms with Crippen molar-refractivity contribution in [3.05, 3.63) is 29.8 Å². The normalized spacial score (nSPS) is 21.5. The summed E-state index contributed by atoms with van der Waals surface area (Å²) >= 11 is 0. The van der Waals surface area contributed by atoms with E-state index < -0.39 is 11.7 Å². The highest BCUT2D eigenvalue weighted by atomic mass is 16.6. The Bertz CT molecular complexity index is 504. The molecule has 0 bridgehead atoms. The smallest absolute Gasteiger partial charge is 0.407 e. The van der Waals surface area contributed by atoms with Gasteiger partial charge in [0, 0.05) is 17.6 Å². The Morgan fingerprint density at radius 2 is 2.10 bits per heavy atom. The van der Waals surface area contributed by atoms with Crippen molar-refractivity contribution in [2.45, 2.75) is 44.8 Å². The minimum atomic E-state index is -0.492. The van der Waals surface area contributed by atoms with E-state index in [9.17, 15) is 9.90 Å². The van der Waals surface area contributed by atoms with Crippen LogP contribution in [0.3, 0.4) is 0 Å². The fourth-order valence-electron chi connectivity index (χ4n) is 2.58. The van der Waals surface area contributed by atoms with E-state index in [1.165, 1.54) is 0 Å². The SMILES string of the molecule is CC(C)(C)OC(=O)NCCC1(c2ccccc2O)CCN1. The van der Waals surface area contributed by atoms with Crippen LogP contribution in [0.15, 0.2) is 24.3 Å². The van der Waals surface area contributed by atoms with Crippen LogP contribution in [0.4, 0.5) is 4.79 Å². The van der Waals surface area contributed by atoms with Crippen molar-refractivity contribution in [2.24, 2.45) is 0 Å². The van der Waals surface area contributed by atoms with Crippen LogP contribution >= 0.6 is 0 Å². The van der Waals surface area contributed by atoms with Crippen LogP contribution in [0.25, 0.3) is 0 Å². The van der Waals surface area contributed by atoms with Crippen molar-refractivity contribution in [2.75, 3.05) is 13.1 Å². The standard InChI is InChI=1S/C16H24N2O3/c1-15(2,3)21-14(20)17-10-8-16(9-11-18-16)12-6-4-5-7-13(12)19/h4-7,18-19H,8-11H2,1-3H3,(H,17,20). The van der Waals surface area contributed by atoms with E-state index in [1.807, 2.05) is 39.0 Å².